The lowest BCUT2D eigenvalue weighted by molar-refractivity contribution is 0.312. The second-order valence-electron chi connectivity index (χ2n) is 6.18. The highest BCUT2D eigenvalue weighted by atomic mass is 79.9. The molecule has 106 valence electrons. The lowest BCUT2D eigenvalue weighted by Gasteiger charge is -2.25. The molecule has 4 heteroatoms. The van der Waals surface area contributed by atoms with E-state index in [-0.39, 0.29) is 15.7 Å². The van der Waals surface area contributed by atoms with Crippen LogP contribution < -0.4 is 5.32 Å². The van der Waals surface area contributed by atoms with E-state index in [1.807, 2.05) is 0 Å². The lowest BCUT2D eigenvalue weighted by atomic mass is 9.86. The Hall–Kier alpha value is -0.480. The maximum atomic E-state index is 13.7. The van der Waals surface area contributed by atoms with Gasteiger partial charge in [-0.3, -0.25) is 0 Å². The molecular formula is C15H20BrF2N. The smallest absolute Gasteiger partial charge is 0.137 e. The van der Waals surface area contributed by atoms with Crippen LogP contribution in [-0.2, 0) is 6.42 Å². The molecule has 0 heterocycles. The molecule has 1 N–H and O–H groups in total. The van der Waals surface area contributed by atoms with Gasteiger partial charge >= 0.3 is 0 Å². The molecule has 1 aliphatic rings. The molecule has 1 nitrogen and oxygen atoms in total. The van der Waals surface area contributed by atoms with Gasteiger partial charge in [0.1, 0.15) is 11.6 Å². The quantitative estimate of drug-likeness (QED) is 0.760. The van der Waals surface area contributed by atoms with Gasteiger partial charge in [-0.25, -0.2) is 8.78 Å². The minimum absolute atomic E-state index is 0.0958. The van der Waals surface area contributed by atoms with Gasteiger partial charge in [-0.2, -0.15) is 0 Å². The normalized spacial score (nSPS) is 15.8. The highest BCUT2D eigenvalue weighted by molar-refractivity contribution is 9.10. The topological polar surface area (TPSA) is 12.0 Å². The summed E-state index contributed by atoms with van der Waals surface area (Å²) in [5, 5.41) is 3.49. The van der Waals surface area contributed by atoms with Crippen LogP contribution in [0.2, 0.25) is 0 Å². The van der Waals surface area contributed by atoms with Crippen LogP contribution in [0.1, 0.15) is 38.7 Å². The van der Waals surface area contributed by atoms with Gasteiger partial charge in [-0.15, -0.1) is 0 Å². The van der Waals surface area contributed by atoms with Crippen LogP contribution in [0.5, 0.6) is 0 Å². The van der Waals surface area contributed by atoms with Crippen molar-refractivity contribution in [1.29, 1.82) is 0 Å². The van der Waals surface area contributed by atoms with Crippen molar-refractivity contribution in [2.75, 3.05) is 6.54 Å². The fourth-order valence-electron chi connectivity index (χ4n) is 2.02. The predicted octanol–water partition coefficient (Wildman–Crippen LogP) is 4.44. The fourth-order valence-corrected chi connectivity index (χ4v) is 2.34. The molecule has 0 bridgehead atoms. The van der Waals surface area contributed by atoms with Crippen molar-refractivity contribution in [3.8, 4) is 0 Å². The molecule has 0 unspecified atom stereocenters. The molecule has 0 atom stereocenters. The van der Waals surface area contributed by atoms with Gasteiger partial charge in [-0.05, 0) is 64.7 Å². The Kier molecular flexibility index (Phi) is 4.62. The van der Waals surface area contributed by atoms with Crippen molar-refractivity contribution in [3.05, 3.63) is 33.8 Å². The summed E-state index contributed by atoms with van der Waals surface area (Å²) in [6.45, 7) is 5.25. The maximum absolute atomic E-state index is 13.7. The van der Waals surface area contributed by atoms with E-state index < -0.39 is 5.82 Å². The third kappa shape index (κ3) is 4.53. The molecule has 0 aromatic heterocycles. The second-order valence-corrected chi connectivity index (χ2v) is 7.03. The largest absolute Gasteiger partial charge is 0.313 e. The second kappa shape index (κ2) is 5.88. The van der Waals surface area contributed by atoms with Crippen molar-refractivity contribution in [2.45, 2.75) is 45.6 Å². The Morgan fingerprint density at radius 2 is 1.95 bits per heavy atom. The molecule has 1 aromatic carbocycles. The van der Waals surface area contributed by atoms with Crippen LogP contribution in [0.4, 0.5) is 8.78 Å². The van der Waals surface area contributed by atoms with E-state index in [1.165, 1.54) is 25.0 Å². The molecule has 0 aliphatic heterocycles. The van der Waals surface area contributed by atoms with Crippen molar-refractivity contribution in [1.82, 2.24) is 5.32 Å². The number of halogens is 3. The van der Waals surface area contributed by atoms with Gasteiger partial charge in [-0.1, -0.05) is 13.8 Å². The summed E-state index contributed by atoms with van der Waals surface area (Å²) < 4.78 is 27.3. The molecule has 0 spiro atoms. The number of benzene rings is 1. The zero-order valence-electron chi connectivity index (χ0n) is 11.4. The number of aryl methyl sites for hydroxylation is 1. The first-order valence-corrected chi connectivity index (χ1v) is 7.53. The van der Waals surface area contributed by atoms with E-state index in [1.54, 1.807) is 0 Å². The Balaban J connectivity index is 1.91. The van der Waals surface area contributed by atoms with Gasteiger partial charge < -0.3 is 5.32 Å². The van der Waals surface area contributed by atoms with Crippen molar-refractivity contribution < 1.29 is 8.78 Å². The SMILES string of the molecule is CC(C)(CCc1cc(F)c(Br)cc1F)CNC1CC1. The Bertz CT molecular complexity index is 456. The summed E-state index contributed by atoms with van der Waals surface area (Å²) in [5.74, 6) is -0.732. The van der Waals surface area contributed by atoms with E-state index in [9.17, 15) is 8.78 Å². The summed E-state index contributed by atoms with van der Waals surface area (Å²) in [7, 11) is 0. The van der Waals surface area contributed by atoms with E-state index in [0.717, 1.165) is 13.0 Å². The van der Waals surface area contributed by atoms with E-state index in [2.05, 4.69) is 35.1 Å². The van der Waals surface area contributed by atoms with E-state index in [4.69, 9.17) is 0 Å². The third-order valence-electron chi connectivity index (χ3n) is 3.61. The zero-order chi connectivity index (χ0) is 14.0. The van der Waals surface area contributed by atoms with E-state index >= 15 is 0 Å². The van der Waals surface area contributed by atoms with E-state index in [0.29, 0.717) is 18.0 Å². The van der Waals surface area contributed by atoms with Crippen LogP contribution in [0, 0.1) is 17.0 Å². The summed E-state index contributed by atoms with van der Waals surface area (Å²) in [4.78, 5) is 0. The molecule has 0 radical (unpaired) electrons. The molecule has 1 aromatic rings. The molecule has 0 amide bonds. The van der Waals surface area contributed by atoms with Crippen LogP contribution >= 0.6 is 15.9 Å². The molecule has 1 saturated carbocycles. The molecule has 2 rings (SSSR count). The lowest BCUT2D eigenvalue weighted by Crippen LogP contribution is -2.31. The predicted molar refractivity (Wildman–Crippen MR) is 77.2 cm³/mol. The van der Waals surface area contributed by atoms with Crippen LogP contribution in [0.3, 0.4) is 0 Å². The average molecular weight is 332 g/mol. The van der Waals surface area contributed by atoms with Gasteiger partial charge in [0.25, 0.3) is 0 Å². The minimum Gasteiger partial charge on any atom is -0.313 e. The first-order valence-electron chi connectivity index (χ1n) is 6.74. The summed E-state index contributed by atoms with van der Waals surface area (Å²) >= 11 is 2.99. The monoisotopic (exact) mass is 331 g/mol. The van der Waals surface area contributed by atoms with Crippen molar-refractivity contribution in [2.24, 2.45) is 5.41 Å². The maximum Gasteiger partial charge on any atom is 0.137 e. The molecular weight excluding hydrogens is 312 g/mol. The zero-order valence-corrected chi connectivity index (χ0v) is 13.0. The van der Waals surface area contributed by atoms with Gasteiger partial charge in [0, 0.05) is 12.6 Å². The van der Waals surface area contributed by atoms with Crippen molar-refractivity contribution >= 4 is 15.9 Å². The number of hydrogen-bond acceptors (Lipinski definition) is 1. The number of hydrogen-bond donors (Lipinski definition) is 1. The Morgan fingerprint density at radius 3 is 2.58 bits per heavy atom. The van der Waals surface area contributed by atoms with Gasteiger partial charge in [0.2, 0.25) is 0 Å². The summed E-state index contributed by atoms with van der Waals surface area (Å²) in [5.41, 5.74) is 0.554. The number of nitrogens with one attached hydrogen (secondary N) is 1. The molecule has 19 heavy (non-hydrogen) atoms. The summed E-state index contributed by atoms with van der Waals surface area (Å²) in [6, 6.07) is 3.19. The molecule has 1 fully saturated rings. The highest BCUT2D eigenvalue weighted by Gasteiger charge is 2.25. The Morgan fingerprint density at radius 1 is 1.26 bits per heavy atom. The fraction of sp³-hybridized carbons (Fsp3) is 0.600. The van der Waals surface area contributed by atoms with Crippen LogP contribution in [0.15, 0.2) is 16.6 Å². The minimum atomic E-state index is -0.398. The van der Waals surface area contributed by atoms with Crippen LogP contribution in [0.25, 0.3) is 0 Å². The first-order chi connectivity index (χ1) is 8.87. The van der Waals surface area contributed by atoms with Crippen molar-refractivity contribution in [3.63, 3.8) is 0 Å². The molecule has 1 aliphatic carbocycles. The third-order valence-corrected chi connectivity index (χ3v) is 4.21. The van der Waals surface area contributed by atoms with Gasteiger partial charge in [0.05, 0.1) is 4.47 Å². The average Bonchev–Trinajstić information content (AvgIpc) is 3.14. The standard InChI is InChI=1S/C15H20BrF2N/c1-15(2,9-19-11-3-4-11)6-5-10-7-14(18)12(16)8-13(10)17/h7-8,11,19H,3-6,9H2,1-2H3. The van der Waals surface area contributed by atoms with Crippen LogP contribution in [-0.4, -0.2) is 12.6 Å². The highest BCUT2D eigenvalue weighted by Crippen LogP contribution is 2.27. The molecule has 0 saturated heterocycles. The summed E-state index contributed by atoms with van der Waals surface area (Å²) in [6.07, 6.45) is 3.94. The van der Waals surface area contributed by atoms with Gasteiger partial charge in [0.15, 0.2) is 0 Å². The first kappa shape index (κ1) is 14.9. The number of rotatable bonds is 6. The Labute approximate surface area is 121 Å².